The lowest BCUT2D eigenvalue weighted by atomic mass is 10.1. The predicted octanol–water partition coefficient (Wildman–Crippen LogP) is 2.71. The maximum absolute atomic E-state index is 5.76. The van der Waals surface area contributed by atoms with Gasteiger partial charge in [0.1, 0.15) is 5.69 Å². The highest BCUT2D eigenvalue weighted by atomic mass is 16.5. The number of nitrogen functional groups attached to an aromatic ring is 1. The fraction of sp³-hybridized carbons (Fsp3) is 0.0833. The lowest BCUT2D eigenvalue weighted by Gasteiger charge is -1.92. The second-order valence-electron chi connectivity index (χ2n) is 3.83. The molecular formula is C12H11N3O. The van der Waals surface area contributed by atoms with Gasteiger partial charge in [-0.2, -0.15) is 0 Å². The maximum Gasteiger partial charge on any atom is 0.205 e. The Balaban J connectivity index is 2.27. The summed E-state index contributed by atoms with van der Waals surface area (Å²) in [7, 11) is 0. The van der Waals surface area contributed by atoms with Crippen LogP contribution in [0.3, 0.4) is 0 Å². The van der Waals surface area contributed by atoms with Crippen molar-refractivity contribution in [2.75, 3.05) is 5.73 Å². The van der Waals surface area contributed by atoms with Gasteiger partial charge in [0.25, 0.3) is 0 Å². The molecule has 0 aliphatic carbocycles. The minimum Gasteiger partial charge on any atom is -0.394 e. The zero-order chi connectivity index (χ0) is 11.1. The molecule has 4 heteroatoms. The molecule has 1 aromatic carbocycles. The van der Waals surface area contributed by atoms with Crippen molar-refractivity contribution >= 4 is 16.6 Å². The van der Waals surface area contributed by atoms with Crippen molar-refractivity contribution in [3.8, 4) is 11.5 Å². The molecule has 3 rings (SSSR count). The maximum atomic E-state index is 5.76. The van der Waals surface area contributed by atoms with E-state index in [0.717, 1.165) is 11.2 Å². The number of nitrogens with one attached hydrogen (secondary N) is 1. The van der Waals surface area contributed by atoms with Gasteiger partial charge in [-0.1, -0.05) is 17.3 Å². The van der Waals surface area contributed by atoms with E-state index in [9.17, 15) is 0 Å². The number of aryl methyl sites for hydroxylation is 1. The number of anilines is 1. The summed E-state index contributed by atoms with van der Waals surface area (Å²) in [6.45, 7) is 2.07. The van der Waals surface area contributed by atoms with E-state index in [1.807, 2.05) is 18.2 Å². The quantitative estimate of drug-likeness (QED) is 0.653. The number of fused-ring (bicyclic) bond motifs is 1. The molecule has 80 valence electrons. The van der Waals surface area contributed by atoms with Crippen molar-refractivity contribution in [1.29, 1.82) is 0 Å². The van der Waals surface area contributed by atoms with Crippen molar-refractivity contribution in [3.05, 3.63) is 36.0 Å². The Kier molecular flexibility index (Phi) is 1.77. The van der Waals surface area contributed by atoms with Crippen LogP contribution < -0.4 is 5.73 Å². The highest BCUT2D eigenvalue weighted by Crippen LogP contribution is 2.29. The summed E-state index contributed by atoms with van der Waals surface area (Å²) in [6.07, 6.45) is 1.51. The molecule has 3 N–H and O–H groups in total. The molecule has 2 heterocycles. The number of H-pyrrole nitrogens is 1. The van der Waals surface area contributed by atoms with Gasteiger partial charge in [0.2, 0.25) is 5.76 Å². The zero-order valence-electron chi connectivity index (χ0n) is 8.82. The average Bonchev–Trinajstić information content (AvgIpc) is 2.84. The Labute approximate surface area is 92.0 Å². The Hall–Kier alpha value is -2.23. The van der Waals surface area contributed by atoms with Crippen molar-refractivity contribution in [3.63, 3.8) is 0 Å². The van der Waals surface area contributed by atoms with Gasteiger partial charge in [-0.15, -0.1) is 0 Å². The molecule has 0 aliphatic heterocycles. The van der Waals surface area contributed by atoms with Crippen LogP contribution in [-0.2, 0) is 0 Å². The lowest BCUT2D eigenvalue weighted by Crippen LogP contribution is -1.83. The van der Waals surface area contributed by atoms with Crippen LogP contribution in [0.1, 0.15) is 5.56 Å². The number of hydrogen-bond donors (Lipinski definition) is 2. The van der Waals surface area contributed by atoms with Crippen LogP contribution >= 0.6 is 0 Å². The summed E-state index contributed by atoms with van der Waals surface area (Å²) in [5.74, 6) is 0.593. The number of nitrogens with zero attached hydrogens (tertiary/aromatic N) is 1. The van der Waals surface area contributed by atoms with Crippen LogP contribution in [0.15, 0.2) is 35.0 Å². The predicted molar refractivity (Wildman–Crippen MR) is 62.9 cm³/mol. The molecule has 0 fully saturated rings. The Morgan fingerprint density at radius 1 is 1.38 bits per heavy atom. The summed E-state index contributed by atoms with van der Waals surface area (Å²) in [5.41, 5.74) is 9.46. The number of benzene rings is 1. The van der Waals surface area contributed by atoms with Crippen LogP contribution in [0, 0.1) is 6.92 Å². The number of nitrogens with two attached hydrogens (primary N) is 1. The summed E-state index contributed by atoms with van der Waals surface area (Å²) in [4.78, 5) is 3.27. The van der Waals surface area contributed by atoms with Crippen molar-refractivity contribution in [1.82, 2.24) is 10.1 Å². The summed E-state index contributed by atoms with van der Waals surface area (Å²) < 4.78 is 5.11. The Morgan fingerprint density at radius 3 is 2.94 bits per heavy atom. The Morgan fingerprint density at radius 2 is 2.25 bits per heavy atom. The third kappa shape index (κ3) is 1.20. The highest BCUT2D eigenvalue weighted by molar-refractivity contribution is 5.89. The van der Waals surface area contributed by atoms with Gasteiger partial charge in [0.05, 0.1) is 11.9 Å². The third-order valence-electron chi connectivity index (χ3n) is 2.72. The number of aromatic nitrogens is 2. The molecule has 3 aromatic rings. The number of rotatable bonds is 1. The topological polar surface area (TPSA) is 67.8 Å². The van der Waals surface area contributed by atoms with Crippen molar-refractivity contribution in [2.24, 2.45) is 0 Å². The van der Waals surface area contributed by atoms with Gasteiger partial charge in [-0.25, -0.2) is 0 Å². The first-order valence-corrected chi connectivity index (χ1v) is 5.04. The van der Waals surface area contributed by atoms with Gasteiger partial charge in [-0.3, -0.25) is 0 Å². The van der Waals surface area contributed by atoms with E-state index in [1.165, 1.54) is 17.1 Å². The molecular weight excluding hydrogens is 202 g/mol. The Bertz CT molecular complexity index is 651. The minimum absolute atomic E-state index is 0.546. The third-order valence-corrected chi connectivity index (χ3v) is 2.72. The fourth-order valence-electron chi connectivity index (χ4n) is 1.88. The normalized spacial score (nSPS) is 11.1. The van der Waals surface area contributed by atoms with Crippen LogP contribution in [0.4, 0.5) is 5.69 Å². The SMILES string of the molecule is Cc1cccc2[nH]c(-c3oncc3N)cc12. The van der Waals surface area contributed by atoms with E-state index in [4.69, 9.17) is 10.3 Å². The number of aromatic amines is 1. The molecule has 0 amide bonds. The average molecular weight is 213 g/mol. The van der Waals surface area contributed by atoms with E-state index in [0.29, 0.717) is 11.4 Å². The smallest absolute Gasteiger partial charge is 0.205 e. The first kappa shape index (κ1) is 9.03. The van der Waals surface area contributed by atoms with Crippen LogP contribution in [0.25, 0.3) is 22.4 Å². The lowest BCUT2D eigenvalue weighted by molar-refractivity contribution is 0.431. The molecule has 0 saturated carbocycles. The minimum atomic E-state index is 0.546. The summed E-state index contributed by atoms with van der Waals surface area (Å²) >= 11 is 0. The molecule has 0 spiro atoms. The summed E-state index contributed by atoms with van der Waals surface area (Å²) in [6, 6.07) is 8.14. The fourth-order valence-corrected chi connectivity index (χ4v) is 1.88. The molecule has 0 radical (unpaired) electrons. The zero-order valence-corrected chi connectivity index (χ0v) is 8.82. The largest absolute Gasteiger partial charge is 0.394 e. The van der Waals surface area contributed by atoms with Gasteiger partial charge >= 0.3 is 0 Å². The molecule has 2 aromatic heterocycles. The first-order chi connectivity index (χ1) is 7.75. The van der Waals surface area contributed by atoms with Gasteiger partial charge < -0.3 is 15.2 Å². The number of hydrogen-bond acceptors (Lipinski definition) is 3. The monoisotopic (exact) mass is 213 g/mol. The molecule has 4 nitrogen and oxygen atoms in total. The van der Waals surface area contributed by atoms with E-state index >= 15 is 0 Å². The molecule has 0 atom stereocenters. The standard InChI is InChI=1S/C12H11N3O/c1-7-3-2-4-10-8(7)5-11(15-10)12-9(13)6-14-16-12/h2-6,15H,13H2,1H3. The molecule has 16 heavy (non-hydrogen) atoms. The van der Waals surface area contributed by atoms with E-state index in [-0.39, 0.29) is 0 Å². The van der Waals surface area contributed by atoms with Crippen LogP contribution in [-0.4, -0.2) is 10.1 Å². The molecule has 0 unspecified atom stereocenters. The van der Waals surface area contributed by atoms with E-state index in [1.54, 1.807) is 0 Å². The summed E-state index contributed by atoms with van der Waals surface area (Å²) in [5, 5.41) is 4.85. The van der Waals surface area contributed by atoms with Gasteiger partial charge in [0, 0.05) is 10.9 Å². The van der Waals surface area contributed by atoms with Crippen LogP contribution in [0.2, 0.25) is 0 Å². The molecule has 0 saturated heterocycles. The van der Waals surface area contributed by atoms with E-state index in [2.05, 4.69) is 23.1 Å². The van der Waals surface area contributed by atoms with Gasteiger partial charge in [0.15, 0.2) is 0 Å². The second kappa shape index (κ2) is 3.13. The first-order valence-electron chi connectivity index (χ1n) is 5.04. The van der Waals surface area contributed by atoms with Gasteiger partial charge in [-0.05, 0) is 24.6 Å². The molecule has 0 aliphatic rings. The molecule has 0 bridgehead atoms. The van der Waals surface area contributed by atoms with Crippen molar-refractivity contribution < 1.29 is 4.52 Å². The van der Waals surface area contributed by atoms with Crippen LogP contribution in [0.5, 0.6) is 0 Å². The van der Waals surface area contributed by atoms with Crippen molar-refractivity contribution in [2.45, 2.75) is 6.92 Å². The van der Waals surface area contributed by atoms with E-state index < -0.39 is 0 Å². The second-order valence-corrected chi connectivity index (χ2v) is 3.83. The highest BCUT2D eigenvalue weighted by Gasteiger charge is 2.11.